The summed E-state index contributed by atoms with van der Waals surface area (Å²) < 4.78 is 6.05. The fraction of sp³-hybridized carbons (Fsp3) is 0.696. The van der Waals surface area contributed by atoms with E-state index in [1.165, 1.54) is 50.5 Å². The molecule has 0 bridgehead atoms. The zero-order valence-corrected chi connectivity index (χ0v) is 21.9. The second-order valence-corrected chi connectivity index (χ2v) is 25.1. The molecule has 1 aromatic rings. The molecule has 0 saturated heterocycles. The maximum atomic E-state index is 5.37. The van der Waals surface area contributed by atoms with Crippen LogP contribution in [0.5, 0.6) is 0 Å². The molecule has 148 valence electrons. The van der Waals surface area contributed by atoms with Crippen LogP contribution in [0.3, 0.4) is 0 Å². The van der Waals surface area contributed by atoms with Gasteiger partial charge in [0, 0.05) is 0 Å². The number of amidine groups is 1. The summed E-state index contributed by atoms with van der Waals surface area (Å²) in [6, 6.07) is 10.7. The van der Waals surface area contributed by atoms with Gasteiger partial charge in [-0.3, -0.25) is 0 Å². The number of hydrogen-bond donors (Lipinski definition) is 0. The van der Waals surface area contributed by atoms with E-state index in [1.54, 1.807) is 3.39 Å². The summed E-state index contributed by atoms with van der Waals surface area (Å²) in [5, 5.41) is 0. The van der Waals surface area contributed by atoms with E-state index in [0.29, 0.717) is 0 Å². The number of nitrogens with zero attached hydrogens (tertiary/aromatic N) is 2. The van der Waals surface area contributed by atoms with Crippen LogP contribution in [0.1, 0.15) is 73.1 Å². The molecule has 0 saturated carbocycles. The zero-order valence-electron chi connectivity index (χ0n) is 18.1. The van der Waals surface area contributed by atoms with E-state index >= 15 is 0 Å². The molecule has 1 aromatic carbocycles. The van der Waals surface area contributed by atoms with Crippen LogP contribution >= 0.6 is 0 Å². The van der Waals surface area contributed by atoms with Gasteiger partial charge in [-0.05, 0) is 0 Å². The second kappa shape index (κ2) is 13.7. The van der Waals surface area contributed by atoms with Crippen LogP contribution in [0.15, 0.2) is 35.3 Å². The molecule has 0 radical (unpaired) electrons. The van der Waals surface area contributed by atoms with Crippen molar-refractivity contribution in [1.29, 1.82) is 0 Å². The molecule has 0 aliphatic carbocycles. The Bertz CT molecular complexity index is 472. The average Bonchev–Trinajstić information content (AvgIpc) is 2.69. The molecule has 0 N–H and O–H groups in total. The van der Waals surface area contributed by atoms with Crippen LogP contribution in [0, 0.1) is 0 Å². The van der Waals surface area contributed by atoms with Crippen molar-refractivity contribution in [2.75, 3.05) is 13.1 Å². The summed E-state index contributed by atoms with van der Waals surface area (Å²) in [7, 11) is 0. The van der Waals surface area contributed by atoms with E-state index in [2.05, 4.69) is 69.9 Å². The minimum absolute atomic E-state index is 1.09. The monoisotopic (exact) mass is 554 g/mol. The third kappa shape index (κ3) is 7.32. The topological polar surface area (TPSA) is 15.6 Å². The normalized spacial score (nSPS) is 12.4. The molecule has 0 atom stereocenters. The number of hydrogen-bond acceptors (Lipinski definition) is 1. The summed E-state index contributed by atoms with van der Waals surface area (Å²) >= 11 is -2.70. The van der Waals surface area contributed by atoms with Crippen LogP contribution in [0.2, 0.25) is 11.9 Å². The third-order valence-electron chi connectivity index (χ3n) is 5.56. The number of rotatable bonds is 13. The number of benzene rings is 1. The van der Waals surface area contributed by atoms with Crippen molar-refractivity contribution in [2.45, 2.75) is 85.1 Å². The van der Waals surface area contributed by atoms with Crippen LogP contribution in [-0.2, 0) is 0 Å². The Balaban J connectivity index is 3.41. The fourth-order valence-electron chi connectivity index (χ4n) is 3.93. The van der Waals surface area contributed by atoms with E-state index in [1.807, 2.05) is 0 Å². The number of aliphatic imine (C=N–C) groups is 1. The Morgan fingerprint density at radius 2 is 1.23 bits per heavy atom. The van der Waals surface area contributed by atoms with Gasteiger partial charge in [-0.15, -0.1) is 0 Å². The van der Waals surface area contributed by atoms with Crippen LogP contribution < -0.4 is 0 Å². The first-order valence-electron chi connectivity index (χ1n) is 11.1. The van der Waals surface area contributed by atoms with Gasteiger partial charge in [-0.25, -0.2) is 0 Å². The summed E-state index contributed by atoms with van der Waals surface area (Å²) in [6.45, 7) is 13.9. The van der Waals surface area contributed by atoms with Crippen molar-refractivity contribution in [3.05, 3.63) is 30.3 Å². The van der Waals surface area contributed by atoms with E-state index < -0.39 is 21.2 Å². The predicted molar refractivity (Wildman–Crippen MR) is 121 cm³/mol. The number of unbranched alkanes of at least 4 members (excludes halogenated alkanes) is 3. The van der Waals surface area contributed by atoms with Gasteiger partial charge < -0.3 is 0 Å². The number of para-hydroxylation sites is 1. The average molecular weight is 554 g/mol. The van der Waals surface area contributed by atoms with E-state index in [9.17, 15) is 0 Å². The van der Waals surface area contributed by atoms with Crippen molar-refractivity contribution < 1.29 is 0 Å². The molecule has 0 unspecified atom stereocenters. The molecule has 0 aromatic heterocycles. The van der Waals surface area contributed by atoms with Gasteiger partial charge in [0.2, 0.25) is 0 Å². The SMILES string of the molecule is CCC[CH2][Pb]([CH2]CCC)([CH2]CCC)[C](=Nc1ccccc1)N(CC)CC. The van der Waals surface area contributed by atoms with Crippen molar-refractivity contribution >= 4 is 30.3 Å². The molecule has 26 heavy (non-hydrogen) atoms. The van der Waals surface area contributed by atoms with Crippen molar-refractivity contribution in [2.24, 2.45) is 4.99 Å². The maximum absolute atomic E-state index is 5.37. The fourth-order valence-corrected chi connectivity index (χ4v) is 26.7. The molecule has 0 heterocycles. The van der Waals surface area contributed by atoms with Gasteiger partial charge in [-0.2, -0.15) is 0 Å². The first-order valence-corrected chi connectivity index (χ1v) is 21.3. The molecule has 3 heteroatoms. The predicted octanol–water partition coefficient (Wildman–Crippen LogP) is 7.45. The second-order valence-electron chi connectivity index (χ2n) is 7.53. The van der Waals surface area contributed by atoms with Gasteiger partial charge in [0.25, 0.3) is 0 Å². The van der Waals surface area contributed by atoms with Gasteiger partial charge in [-0.1, -0.05) is 0 Å². The molecule has 0 spiro atoms. The quantitative estimate of drug-likeness (QED) is 0.141. The molecular formula is C23H42N2Pb. The van der Waals surface area contributed by atoms with Crippen LogP contribution in [0.25, 0.3) is 0 Å². The zero-order chi connectivity index (χ0) is 19.3. The standard InChI is InChI=1S/C11H15N2.3C4H9.Pb/c1-3-13(4-2)10-12-11-8-6-5-7-9-11;3*1-3-4-2;/h5-9H,3-4H2,1-2H3;3*1,3-4H2,2H3;. The molecule has 2 nitrogen and oxygen atoms in total. The van der Waals surface area contributed by atoms with Gasteiger partial charge >= 0.3 is 169 Å². The summed E-state index contributed by atoms with van der Waals surface area (Å²) in [5.74, 6) is 0. The summed E-state index contributed by atoms with van der Waals surface area (Å²) in [4.78, 5) is 7.99. The van der Waals surface area contributed by atoms with Gasteiger partial charge in [0.1, 0.15) is 0 Å². The van der Waals surface area contributed by atoms with E-state index in [4.69, 9.17) is 4.99 Å². The Labute approximate surface area is 168 Å². The van der Waals surface area contributed by atoms with Crippen LogP contribution in [0.4, 0.5) is 5.69 Å². The molecule has 0 fully saturated rings. The molecule has 0 aliphatic rings. The Morgan fingerprint density at radius 1 is 0.769 bits per heavy atom. The first kappa shape index (κ1) is 23.7. The minimum atomic E-state index is -2.70. The van der Waals surface area contributed by atoms with Crippen molar-refractivity contribution in [1.82, 2.24) is 4.90 Å². The Morgan fingerprint density at radius 3 is 1.62 bits per heavy atom. The Kier molecular flexibility index (Phi) is 12.5. The van der Waals surface area contributed by atoms with E-state index in [0.717, 1.165) is 18.8 Å². The van der Waals surface area contributed by atoms with Crippen molar-refractivity contribution in [3.8, 4) is 0 Å². The van der Waals surface area contributed by atoms with E-state index in [-0.39, 0.29) is 0 Å². The summed E-state index contributed by atoms with van der Waals surface area (Å²) in [6.07, 6.45) is 8.13. The Hall–Kier alpha value is -0.388. The van der Waals surface area contributed by atoms with Crippen molar-refractivity contribution in [3.63, 3.8) is 0 Å². The third-order valence-corrected chi connectivity index (χ3v) is 26.2. The molecular weight excluding hydrogens is 511 g/mol. The molecule has 1 rings (SSSR count). The van der Waals surface area contributed by atoms with Gasteiger partial charge in [0.05, 0.1) is 0 Å². The first-order chi connectivity index (χ1) is 12.7. The molecule has 0 amide bonds. The van der Waals surface area contributed by atoms with Crippen LogP contribution in [-0.4, -0.2) is 42.6 Å². The van der Waals surface area contributed by atoms with Gasteiger partial charge in [0.15, 0.2) is 0 Å². The summed E-state index contributed by atoms with van der Waals surface area (Å²) in [5.41, 5.74) is 1.16. The molecule has 0 aliphatic heterocycles.